The molecule has 0 aromatic heterocycles. The Morgan fingerprint density at radius 2 is 1.52 bits per heavy atom. The maximum Gasteiger partial charge on any atom is 0.573 e. The largest absolute Gasteiger partial charge is 0.573 e. The first-order valence-electron chi connectivity index (χ1n) is 12.0. The Morgan fingerprint density at radius 3 is 2.06 bits per heavy atom. The fraction of sp³-hybridized carbons (Fsp3) is 0.692. The van der Waals surface area contributed by atoms with Gasteiger partial charge in [0.1, 0.15) is 0 Å². The molecule has 0 atom stereocenters. The van der Waals surface area contributed by atoms with Crippen molar-refractivity contribution >= 4 is 0 Å². The quantitative estimate of drug-likeness (QED) is 0.290. The minimum absolute atomic E-state index is 0.513. The van der Waals surface area contributed by atoms with Crippen LogP contribution in [0.4, 0.5) is 17.6 Å². The van der Waals surface area contributed by atoms with Crippen molar-refractivity contribution < 1.29 is 22.3 Å². The van der Waals surface area contributed by atoms with E-state index < -0.39 is 17.9 Å². The molecule has 0 bridgehead atoms. The fourth-order valence-electron chi connectivity index (χ4n) is 5.64. The highest BCUT2D eigenvalue weighted by molar-refractivity contribution is 5.30. The van der Waals surface area contributed by atoms with Gasteiger partial charge in [0.15, 0.2) is 11.6 Å². The Morgan fingerprint density at radius 1 is 0.903 bits per heavy atom. The molecule has 3 rings (SSSR count). The zero-order chi connectivity index (χ0) is 22.3. The molecule has 0 heterocycles. The predicted molar refractivity (Wildman–Crippen MR) is 116 cm³/mol. The third-order valence-electron chi connectivity index (χ3n) is 7.36. The first kappa shape index (κ1) is 24.1. The van der Waals surface area contributed by atoms with Crippen molar-refractivity contribution in [3.8, 4) is 5.75 Å². The van der Waals surface area contributed by atoms with E-state index in [0.29, 0.717) is 12.0 Å². The zero-order valence-corrected chi connectivity index (χ0v) is 18.6. The van der Waals surface area contributed by atoms with Crippen molar-refractivity contribution in [1.82, 2.24) is 0 Å². The SMILES string of the molecule is CCCC1CCC(C2CCC(C/C=C\Cc3ccc(OC(F)(F)F)c(F)c3)CC2)CC1. The van der Waals surface area contributed by atoms with Crippen LogP contribution in [0.2, 0.25) is 0 Å². The van der Waals surface area contributed by atoms with Gasteiger partial charge in [0.2, 0.25) is 0 Å². The lowest BCUT2D eigenvalue weighted by Gasteiger charge is -2.37. The molecular formula is C26H36F4O. The van der Waals surface area contributed by atoms with Crippen LogP contribution in [-0.4, -0.2) is 6.36 Å². The molecule has 1 nitrogen and oxygen atoms in total. The molecule has 0 radical (unpaired) electrons. The highest BCUT2D eigenvalue weighted by Gasteiger charge is 2.32. The van der Waals surface area contributed by atoms with Crippen molar-refractivity contribution in [1.29, 1.82) is 0 Å². The normalized spacial score (nSPS) is 27.5. The van der Waals surface area contributed by atoms with Crippen molar-refractivity contribution in [2.24, 2.45) is 23.7 Å². The Balaban J connectivity index is 1.36. The summed E-state index contributed by atoms with van der Waals surface area (Å²) in [6.45, 7) is 2.29. The van der Waals surface area contributed by atoms with E-state index in [4.69, 9.17) is 0 Å². The van der Waals surface area contributed by atoms with Crippen LogP contribution in [-0.2, 0) is 6.42 Å². The molecule has 31 heavy (non-hydrogen) atoms. The fourth-order valence-corrected chi connectivity index (χ4v) is 5.64. The molecule has 1 aromatic carbocycles. The number of allylic oxidation sites excluding steroid dienone is 2. The van der Waals surface area contributed by atoms with Crippen LogP contribution < -0.4 is 4.74 Å². The van der Waals surface area contributed by atoms with Crippen LogP contribution in [0.5, 0.6) is 5.75 Å². The van der Waals surface area contributed by atoms with Crippen molar-refractivity contribution in [3.63, 3.8) is 0 Å². The van der Waals surface area contributed by atoms with Crippen LogP contribution in [0.25, 0.3) is 0 Å². The maximum absolute atomic E-state index is 13.8. The highest BCUT2D eigenvalue weighted by atomic mass is 19.4. The van der Waals surface area contributed by atoms with Crippen LogP contribution >= 0.6 is 0 Å². The smallest absolute Gasteiger partial charge is 0.403 e. The summed E-state index contributed by atoms with van der Waals surface area (Å²) >= 11 is 0. The zero-order valence-electron chi connectivity index (χ0n) is 18.6. The number of hydrogen-bond donors (Lipinski definition) is 0. The summed E-state index contributed by atoms with van der Waals surface area (Å²) in [5.74, 6) is 1.81. The average Bonchev–Trinajstić information content (AvgIpc) is 2.73. The number of halogens is 4. The summed E-state index contributed by atoms with van der Waals surface area (Å²) in [4.78, 5) is 0. The summed E-state index contributed by atoms with van der Waals surface area (Å²) in [5, 5.41) is 0. The Hall–Kier alpha value is -1.52. The molecule has 0 saturated heterocycles. The number of hydrogen-bond acceptors (Lipinski definition) is 1. The Bertz CT molecular complexity index is 696. The monoisotopic (exact) mass is 440 g/mol. The molecule has 2 saturated carbocycles. The molecule has 174 valence electrons. The predicted octanol–water partition coefficient (Wildman–Crippen LogP) is 8.63. The lowest BCUT2D eigenvalue weighted by Crippen LogP contribution is -2.25. The maximum atomic E-state index is 13.8. The van der Waals surface area contributed by atoms with Crippen molar-refractivity contribution in [2.45, 2.75) is 90.3 Å². The van der Waals surface area contributed by atoms with E-state index in [0.717, 1.165) is 42.2 Å². The molecule has 0 aliphatic heterocycles. The van der Waals surface area contributed by atoms with Gasteiger partial charge in [-0.1, -0.05) is 50.8 Å². The minimum Gasteiger partial charge on any atom is -0.403 e. The second-order valence-corrected chi connectivity index (χ2v) is 9.57. The van der Waals surface area contributed by atoms with Crippen molar-refractivity contribution in [2.75, 3.05) is 0 Å². The summed E-state index contributed by atoms with van der Waals surface area (Å²) in [6, 6.07) is 3.64. The van der Waals surface area contributed by atoms with Gasteiger partial charge in [0.25, 0.3) is 0 Å². The van der Waals surface area contributed by atoms with E-state index >= 15 is 0 Å². The number of ether oxygens (including phenoxy) is 1. The Labute approximate surface area is 184 Å². The van der Waals surface area contributed by atoms with E-state index in [-0.39, 0.29) is 0 Å². The summed E-state index contributed by atoms with van der Waals surface area (Å²) in [7, 11) is 0. The minimum atomic E-state index is -4.88. The standard InChI is InChI=1S/C26H36F4O/c1-2-5-19-8-13-22(14-9-19)23-15-10-20(11-16-23)6-3-4-7-21-12-17-25(24(27)18-21)31-26(28,29)30/h3-4,12,17-20,22-23H,2,5-11,13-16H2,1H3/b4-3-. The first-order valence-corrected chi connectivity index (χ1v) is 12.0. The molecule has 0 amide bonds. The van der Waals surface area contributed by atoms with E-state index in [9.17, 15) is 17.6 Å². The number of rotatable bonds is 8. The molecule has 1 aromatic rings. The molecule has 2 aliphatic carbocycles. The van der Waals surface area contributed by atoms with Gasteiger partial charge < -0.3 is 4.74 Å². The van der Waals surface area contributed by atoms with Gasteiger partial charge in [-0.05, 0) is 92.7 Å². The van der Waals surface area contributed by atoms with Gasteiger partial charge in [-0.2, -0.15) is 0 Å². The third-order valence-corrected chi connectivity index (χ3v) is 7.36. The Kier molecular flexibility index (Phi) is 8.85. The number of benzene rings is 1. The van der Waals surface area contributed by atoms with Crippen LogP contribution in [0.1, 0.15) is 83.1 Å². The van der Waals surface area contributed by atoms with Gasteiger partial charge in [-0.25, -0.2) is 4.39 Å². The molecule has 0 spiro atoms. The second-order valence-electron chi connectivity index (χ2n) is 9.57. The molecule has 0 N–H and O–H groups in total. The van der Waals surface area contributed by atoms with Gasteiger partial charge in [0.05, 0.1) is 0 Å². The molecule has 2 fully saturated rings. The van der Waals surface area contributed by atoms with Crippen LogP contribution in [0, 0.1) is 29.5 Å². The molecular weight excluding hydrogens is 404 g/mol. The molecule has 0 unspecified atom stereocenters. The first-order chi connectivity index (χ1) is 14.8. The summed E-state index contributed by atoms with van der Waals surface area (Å²) in [5.41, 5.74) is 0.644. The lowest BCUT2D eigenvalue weighted by atomic mass is 9.68. The van der Waals surface area contributed by atoms with Gasteiger partial charge >= 0.3 is 6.36 Å². The van der Waals surface area contributed by atoms with Gasteiger partial charge in [-0.3, -0.25) is 0 Å². The van der Waals surface area contributed by atoms with E-state index in [1.54, 1.807) is 0 Å². The summed E-state index contributed by atoms with van der Waals surface area (Å²) < 4.78 is 54.1. The van der Waals surface area contributed by atoms with E-state index in [1.165, 1.54) is 70.3 Å². The van der Waals surface area contributed by atoms with Crippen LogP contribution in [0.15, 0.2) is 30.4 Å². The van der Waals surface area contributed by atoms with Crippen LogP contribution in [0.3, 0.4) is 0 Å². The van der Waals surface area contributed by atoms with Crippen molar-refractivity contribution in [3.05, 3.63) is 41.7 Å². The lowest BCUT2D eigenvalue weighted by molar-refractivity contribution is -0.275. The second kappa shape index (κ2) is 11.4. The average molecular weight is 441 g/mol. The topological polar surface area (TPSA) is 9.23 Å². The van der Waals surface area contributed by atoms with Gasteiger partial charge in [-0.15, -0.1) is 13.2 Å². The van der Waals surface area contributed by atoms with E-state index in [1.807, 2.05) is 6.08 Å². The third kappa shape index (κ3) is 7.84. The number of alkyl halides is 3. The molecule has 2 aliphatic rings. The van der Waals surface area contributed by atoms with E-state index in [2.05, 4.69) is 17.7 Å². The summed E-state index contributed by atoms with van der Waals surface area (Å²) in [6.07, 6.45) is 14.6. The highest BCUT2D eigenvalue weighted by Crippen LogP contribution is 2.42. The molecule has 5 heteroatoms. The van der Waals surface area contributed by atoms with Gasteiger partial charge in [0, 0.05) is 0 Å².